The molecule has 0 unspecified atom stereocenters. The molecule has 0 amide bonds. The Labute approximate surface area is 194 Å². The van der Waals surface area contributed by atoms with Crippen LogP contribution in [0.25, 0.3) is 11.1 Å². The van der Waals surface area contributed by atoms with Crippen molar-refractivity contribution in [2.45, 2.75) is 25.4 Å². The van der Waals surface area contributed by atoms with Crippen LogP contribution in [0.2, 0.25) is 0 Å². The van der Waals surface area contributed by atoms with Gasteiger partial charge in [0.15, 0.2) is 11.5 Å². The van der Waals surface area contributed by atoms with Crippen LogP contribution in [-0.2, 0) is 6.54 Å². The lowest BCUT2D eigenvalue weighted by Crippen LogP contribution is -2.43. The molecule has 0 atom stereocenters. The number of piperidine rings is 1. The highest BCUT2D eigenvalue weighted by molar-refractivity contribution is 5.71. The Kier molecular flexibility index (Phi) is 7.29. The quantitative estimate of drug-likeness (QED) is 0.537. The Morgan fingerprint density at radius 2 is 1.58 bits per heavy atom. The number of nitrogens with zero attached hydrogens (tertiary/aromatic N) is 2. The minimum atomic E-state index is -0.227. The van der Waals surface area contributed by atoms with Gasteiger partial charge in [0, 0.05) is 36.2 Å². The topological polar surface area (TPSA) is 55.9 Å². The first kappa shape index (κ1) is 22.9. The van der Waals surface area contributed by atoms with Gasteiger partial charge < -0.3 is 24.4 Å². The maximum atomic E-state index is 13.6. The number of methoxy groups -OCH3 is 3. The van der Waals surface area contributed by atoms with E-state index >= 15 is 0 Å². The molecule has 0 saturated carbocycles. The summed E-state index contributed by atoms with van der Waals surface area (Å²) < 4.78 is 30.0. The first-order chi connectivity index (χ1) is 16.1. The first-order valence-corrected chi connectivity index (χ1v) is 11.1. The van der Waals surface area contributed by atoms with E-state index in [1.807, 2.05) is 36.7 Å². The zero-order valence-corrected chi connectivity index (χ0v) is 19.3. The summed E-state index contributed by atoms with van der Waals surface area (Å²) >= 11 is 0. The van der Waals surface area contributed by atoms with E-state index in [9.17, 15) is 4.39 Å². The van der Waals surface area contributed by atoms with Gasteiger partial charge in [-0.1, -0.05) is 0 Å². The van der Waals surface area contributed by atoms with Crippen LogP contribution in [0.3, 0.4) is 0 Å². The number of hydrogen-bond acceptors (Lipinski definition) is 6. The predicted molar refractivity (Wildman–Crippen MR) is 128 cm³/mol. The van der Waals surface area contributed by atoms with Crippen molar-refractivity contribution in [3.8, 4) is 28.4 Å². The Hall–Kier alpha value is -3.32. The summed E-state index contributed by atoms with van der Waals surface area (Å²) in [6.45, 7) is 2.64. The van der Waals surface area contributed by atoms with Gasteiger partial charge in [0.25, 0.3) is 0 Å². The predicted octanol–water partition coefficient (Wildman–Crippen LogP) is 4.67. The highest BCUT2D eigenvalue weighted by Crippen LogP contribution is 2.41. The normalized spacial score (nSPS) is 14.1. The molecule has 1 saturated heterocycles. The van der Waals surface area contributed by atoms with E-state index in [0.29, 0.717) is 29.8 Å². The van der Waals surface area contributed by atoms with Crippen LogP contribution in [0.15, 0.2) is 54.9 Å². The number of pyridine rings is 1. The Bertz CT molecular complexity index is 1040. The van der Waals surface area contributed by atoms with Gasteiger partial charge in [-0.2, -0.15) is 0 Å². The molecule has 33 heavy (non-hydrogen) atoms. The van der Waals surface area contributed by atoms with Gasteiger partial charge in [-0.25, -0.2) is 4.39 Å². The van der Waals surface area contributed by atoms with E-state index in [2.05, 4.69) is 21.3 Å². The molecule has 1 aliphatic rings. The van der Waals surface area contributed by atoms with E-state index < -0.39 is 0 Å². The van der Waals surface area contributed by atoms with Crippen LogP contribution < -0.4 is 24.4 Å². The van der Waals surface area contributed by atoms with Crippen LogP contribution in [-0.4, -0.2) is 45.4 Å². The molecule has 1 fully saturated rings. The van der Waals surface area contributed by atoms with Crippen molar-refractivity contribution in [1.82, 2.24) is 10.3 Å². The summed E-state index contributed by atoms with van der Waals surface area (Å²) in [5.41, 5.74) is 3.97. The van der Waals surface area contributed by atoms with Gasteiger partial charge in [-0.15, -0.1) is 0 Å². The Morgan fingerprint density at radius 3 is 2.18 bits per heavy atom. The summed E-state index contributed by atoms with van der Waals surface area (Å²) in [6.07, 6.45) is 5.80. The van der Waals surface area contributed by atoms with Crippen LogP contribution >= 0.6 is 0 Å². The number of nitrogens with one attached hydrogen (secondary N) is 1. The second kappa shape index (κ2) is 10.5. The summed E-state index contributed by atoms with van der Waals surface area (Å²) in [5.74, 6) is 1.52. The first-order valence-electron chi connectivity index (χ1n) is 11.1. The fourth-order valence-corrected chi connectivity index (χ4v) is 4.36. The van der Waals surface area contributed by atoms with Crippen LogP contribution in [0.1, 0.15) is 18.4 Å². The molecule has 2 aromatic carbocycles. The summed E-state index contributed by atoms with van der Waals surface area (Å²) in [5, 5.41) is 3.42. The molecule has 174 valence electrons. The highest BCUT2D eigenvalue weighted by Gasteiger charge is 2.22. The summed E-state index contributed by atoms with van der Waals surface area (Å²) in [7, 11) is 4.80. The zero-order chi connectivity index (χ0) is 23.2. The summed E-state index contributed by atoms with van der Waals surface area (Å²) in [4.78, 5) is 6.87. The second-order valence-electron chi connectivity index (χ2n) is 8.08. The molecule has 1 N–H and O–H groups in total. The van der Waals surface area contributed by atoms with Crippen molar-refractivity contribution in [1.29, 1.82) is 0 Å². The maximum absolute atomic E-state index is 13.6. The van der Waals surface area contributed by atoms with E-state index in [4.69, 9.17) is 14.2 Å². The largest absolute Gasteiger partial charge is 0.493 e. The van der Waals surface area contributed by atoms with Crippen LogP contribution in [0.4, 0.5) is 10.1 Å². The molecule has 0 radical (unpaired) electrons. The molecule has 6 nitrogen and oxygen atoms in total. The fraction of sp³-hybridized carbons (Fsp3) is 0.346. The molecular formula is C26H30FN3O3. The van der Waals surface area contributed by atoms with Gasteiger partial charge >= 0.3 is 0 Å². The van der Waals surface area contributed by atoms with Gasteiger partial charge in [0.2, 0.25) is 5.75 Å². The smallest absolute Gasteiger partial charge is 0.203 e. The molecule has 0 bridgehead atoms. The van der Waals surface area contributed by atoms with Gasteiger partial charge in [0.05, 0.1) is 21.3 Å². The van der Waals surface area contributed by atoms with Gasteiger partial charge in [-0.05, 0) is 79.5 Å². The minimum Gasteiger partial charge on any atom is -0.493 e. The third-order valence-corrected chi connectivity index (χ3v) is 6.05. The number of hydrogen-bond donors (Lipinski definition) is 1. The summed E-state index contributed by atoms with van der Waals surface area (Å²) in [6, 6.07) is 13.1. The monoisotopic (exact) mass is 451 g/mol. The lowest BCUT2D eigenvalue weighted by atomic mass is 10.0. The number of ether oxygens (including phenoxy) is 3. The average molecular weight is 452 g/mol. The number of halogens is 1. The molecule has 2 heterocycles. The molecule has 1 aliphatic heterocycles. The van der Waals surface area contributed by atoms with Crippen LogP contribution in [0, 0.1) is 5.82 Å². The maximum Gasteiger partial charge on any atom is 0.203 e. The molecule has 4 rings (SSSR count). The highest BCUT2D eigenvalue weighted by atomic mass is 19.1. The molecule has 0 spiro atoms. The number of benzene rings is 2. The zero-order valence-electron chi connectivity index (χ0n) is 19.3. The third-order valence-electron chi connectivity index (χ3n) is 6.05. The lowest BCUT2D eigenvalue weighted by molar-refractivity contribution is 0.324. The fourth-order valence-electron chi connectivity index (χ4n) is 4.36. The minimum absolute atomic E-state index is 0.227. The van der Waals surface area contributed by atoms with Crippen molar-refractivity contribution in [3.05, 3.63) is 66.2 Å². The van der Waals surface area contributed by atoms with Gasteiger partial charge in [-0.3, -0.25) is 4.98 Å². The van der Waals surface area contributed by atoms with Crippen molar-refractivity contribution in [3.63, 3.8) is 0 Å². The van der Waals surface area contributed by atoms with Gasteiger partial charge in [0.1, 0.15) is 5.82 Å². The number of aromatic nitrogens is 1. The molecule has 0 aliphatic carbocycles. The molecule has 1 aromatic heterocycles. The van der Waals surface area contributed by atoms with Crippen LogP contribution in [0.5, 0.6) is 17.2 Å². The Balaban J connectivity index is 1.66. The van der Waals surface area contributed by atoms with E-state index in [-0.39, 0.29) is 5.82 Å². The van der Waals surface area contributed by atoms with Crippen molar-refractivity contribution >= 4 is 5.69 Å². The van der Waals surface area contributed by atoms with Crippen molar-refractivity contribution < 1.29 is 18.6 Å². The molecule has 3 aromatic rings. The van der Waals surface area contributed by atoms with E-state index in [1.54, 1.807) is 21.3 Å². The molecule has 7 heteroatoms. The average Bonchev–Trinajstić information content (AvgIpc) is 2.87. The lowest BCUT2D eigenvalue weighted by Gasteiger charge is -2.36. The van der Waals surface area contributed by atoms with E-state index in [0.717, 1.165) is 48.3 Å². The number of anilines is 1. The van der Waals surface area contributed by atoms with Crippen molar-refractivity contribution in [2.75, 3.05) is 39.3 Å². The molecular weight excluding hydrogens is 421 g/mol. The third kappa shape index (κ3) is 5.20. The Morgan fingerprint density at radius 1 is 0.909 bits per heavy atom. The van der Waals surface area contributed by atoms with E-state index in [1.165, 1.54) is 12.1 Å². The number of rotatable bonds is 8. The van der Waals surface area contributed by atoms with Crippen molar-refractivity contribution in [2.24, 2.45) is 0 Å². The standard InChI is InChI=1S/C26H30FN3O3/c1-31-24-13-19(14-25(32-2)26(24)33-3)20-12-18(15-29-16-20)17-30(23-8-10-28-11-9-23)22-6-4-21(27)5-7-22/h4-7,12-16,23,28H,8-11,17H2,1-3H3. The SMILES string of the molecule is COc1cc(-c2cncc(CN(c3ccc(F)cc3)C3CCNCC3)c2)cc(OC)c1OC. The second-order valence-corrected chi connectivity index (χ2v) is 8.08.